The van der Waals surface area contributed by atoms with Crippen molar-refractivity contribution in [3.05, 3.63) is 0 Å². The highest BCUT2D eigenvalue weighted by Gasteiger charge is 2.42. The molecule has 0 aliphatic heterocycles. The van der Waals surface area contributed by atoms with Crippen LogP contribution in [0.1, 0.15) is 40.0 Å². The average molecular weight is 230 g/mol. The maximum Gasteiger partial charge on any atom is 0.115 e. The van der Waals surface area contributed by atoms with Crippen LogP contribution in [0.25, 0.3) is 0 Å². The van der Waals surface area contributed by atoms with Crippen LogP contribution in [0.3, 0.4) is 0 Å². The van der Waals surface area contributed by atoms with E-state index in [9.17, 15) is 0 Å². The fraction of sp³-hybridized carbons (Fsp3) is 0.900. The van der Waals surface area contributed by atoms with Gasteiger partial charge in [-0.1, -0.05) is 36.7 Å². The summed E-state index contributed by atoms with van der Waals surface area (Å²) in [6, 6.07) is 2.38. The van der Waals surface area contributed by atoms with E-state index in [0.717, 1.165) is 19.3 Å². The lowest BCUT2D eigenvalue weighted by Gasteiger charge is -2.41. The van der Waals surface area contributed by atoms with Crippen LogP contribution < -0.4 is 0 Å². The Bertz CT molecular complexity index is 216. The Balaban J connectivity index is 2.74. The monoisotopic (exact) mass is 229 g/mol. The molecule has 1 fully saturated rings. The molecule has 0 aromatic heterocycles. The van der Waals surface area contributed by atoms with Crippen LogP contribution in [-0.4, -0.2) is 4.32 Å². The van der Waals surface area contributed by atoms with Gasteiger partial charge < -0.3 is 0 Å². The van der Waals surface area contributed by atoms with Gasteiger partial charge in [-0.3, -0.25) is 0 Å². The third-order valence-electron chi connectivity index (χ3n) is 2.99. The zero-order chi connectivity index (χ0) is 9.41. The van der Waals surface area contributed by atoms with E-state index in [2.05, 4.69) is 42.8 Å². The van der Waals surface area contributed by atoms with Crippen LogP contribution >= 0.6 is 15.9 Å². The van der Waals surface area contributed by atoms with Gasteiger partial charge in [-0.15, -0.1) is 0 Å². The molecule has 2 heteroatoms. The van der Waals surface area contributed by atoms with E-state index in [1.165, 1.54) is 0 Å². The van der Waals surface area contributed by atoms with Crippen LogP contribution in [0.4, 0.5) is 0 Å². The van der Waals surface area contributed by atoms with Gasteiger partial charge in [-0.25, -0.2) is 0 Å². The highest BCUT2D eigenvalue weighted by molar-refractivity contribution is 9.10. The van der Waals surface area contributed by atoms with Crippen molar-refractivity contribution in [2.24, 2.45) is 11.3 Å². The van der Waals surface area contributed by atoms with Crippen molar-refractivity contribution >= 4 is 15.9 Å². The lowest BCUT2D eigenvalue weighted by Crippen LogP contribution is -2.37. The Morgan fingerprint density at radius 1 is 1.42 bits per heavy atom. The number of rotatable bonds is 0. The molecule has 0 amide bonds. The van der Waals surface area contributed by atoms with Gasteiger partial charge in [-0.05, 0) is 30.6 Å². The van der Waals surface area contributed by atoms with Gasteiger partial charge in [0.25, 0.3) is 0 Å². The summed E-state index contributed by atoms with van der Waals surface area (Å²) in [6.07, 6.45) is 3.28. The number of alkyl halides is 1. The number of hydrogen-bond acceptors (Lipinski definition) is 1. The Labute approximate surface area is 83.3 Å². The van der Waals surface area contributed by atoms with E-state index in [0.29, 0.717) is 11.3 Å². The zero-order valence-corrected chi connectivity index (χ0v) is 9.61. The van der Waals surface area contributed by atoms with Gasteiger partial charge in [0.1, 0.15) is 4.32 Å². The van der Waals surface area contributed by atoms with Crippen LogP contribution in [0.5, 0.6) is 0 Å². The molecule has 68 valence electrons. The number of nitriles is 1. The highest BCUT2D eigenvalue weighted by Crippen LogP contribution is 2.47. The third-order valence-corrected chi connectivity index (χ3v) is 4.35. The molecule has 1 saturated carbocycles. The first kappa shape index (κ1) is 10.1. The second-order valence-electron chi connectivity index (χ2n) is 4.74. The van der Waals surface area contributed by atoms with Crippen LogP contribution in [0.15, 0.2) is 0 Å². The quantitative estimate of drug-likeness (QED) is 0.584. The molecule has 1 aliphatic rings. The third kappa shape index (κ3) is 1.82. The van der Waals surface area contributed by atoms with Crippen LogP contribution in [0.2, 0.25) is 0 Å². The van der Waals surface area contributed by atoms with E-state index < -0.39 is 0 Å². The van der Waals surface area contributed by atoms with Crippen molar-refractivity contribution < 1.29 is 0 Å². The van der Waals surface area contributed by atoms with Crippen LogP contribution in [-0.2, 0) is 0 Å². The largest absolute Gasteiger partial charge is 0.197 e. The van der Waals surface area contributed by atoms with Crippen molar-refractivity contribution in [3.63, 3.8) is 0 Å². The molecule has 0 aromatic carbocycles. The van der Waals surface area contributed by atoms with E-state index in [-0.39, 0.29) is 4.32 Å². The van der Waals surface area contributed by atoms with Gasteiger partial charge in [0.05, 0.1) is 6.07 Å². The molecule has 0 spiro atoms. The predicted octanol–water partition coefficient (Wildman–Crippen LogP) is 3.49. The molecule has 2 atom stereocenters. The summed E-state index contributed by atoms with van der Waals surface area (Å²) in [5.41, 5.74) is 0.424. The Morgan fingerprint density at radius 2 is 2.00 bits per heavy atom. The lowest BCUT2D eigenvalue weighted by molar-refractivity contribution is 0.176. The summed E-state index contributed by atoms with van der Waals surface area (Å²) >= 11 is 3.55. The maximum atomic E-state index is 8.99. The Kier molecular flexibility index (Phi) is 2.54. The van der Waals surface area contributed by atoms with E-state index in [4.69, 9.17) is 5.26 Å². The lowest BCUT2D eigenvalue weighted by atomic mass is 9.68. The fourth-order valence-corrected chi connectivity index (χ4v) is 2.39. The zero-order valence-electron chi connectivity index (χ0n) is 8.02. The minimum atomic E-state index is -0.248. The van der Waals surface area contributed by atoms with Crippen LogP contribution in [0, 0.1) is 22.7 Å². The van der Waals surface area contributed by atoms with Gasteiger partial charge in [0.2, 0.25) is 0 Å². The Morgan fingerprint density at radius 3 is 2.42 bits per heavy atom. The molecule has 0 N–H and O–H groups in total. The van der Waals surface area contributed by atoms with Crippen molar-refractivity contribution in [2.45, 2.75) is 44.4 Å². The second kappa shape index (κ2) is 3.03. The summed E-state index contributed by atoms with van der Waals surface area (Å²) in [4.78, 5) is 0. The molecule has 0 heterocycles. The standard InChI is InChI=1S/C10H16BrN/c1-8-6-9(2,3)4-5-10(8,11)7-12/h8H,4-6H2,1-3H3. The molecule has 0 saturated heterocycles. The first-order chi connectivity index (χ1) is 5.40. The summed E-state index contributed by atoms with van der Waals surface area (Å²) in [5.74, 6) is 0.464. The number of nitrogens with zero attached hydrogens (tertiary/aromatic N) is 1. The normalized spacial score (nSPS) is 40.4. The Hall–Kier alpha value is -0.0300. The number of halogens is 1. The van der Waals surface area contributed by atoms with E-state index in [1.54, 1.807) is 0 Å². The molecule has 0 bridgehead atoms. The summed E-state index contributed by atoms with van der Waals surface area (Å²) in [5, 5.41) is 8.99. The van der Waals surface area contributed by atoms with E-state index in [1.807, 2.05) is 0 Å². The maximum absolute atomic E-state index is 8.99. The fourth-order valence-electron chi connectivity index (χ4n) is 2.03. The van der Waals surface area contributed by atoms with Gasteiger partial charge in [0, 0.05) is 0 Å². The highest BCUT2D eigenvalue weighted by atomic mass is 79.9. The topological polar surface area (TPSA) is 23.8 Å². The molecular formula is C10H16BrN. The van der Waals surface area contributed by atoms with Gasteiger partial charge >= 0.3 is 0 Å². The summed E-state index contributed by atoms with van der Waals surface area (Å²) < 4.78 is -0.248. The number of hydrogen-bond donors (Lipinski definition) is 0. The van der Waals surface area contributed by atoms with Crippen molar-refractivity contribution in [1.82, 2.24) is 0 Å². The van der Waals surface area contributed by atoms with E-state index >= 15 is 0 Å². The second-order valence-corrected chi connectivity index (χ2v) is 6.16. The molecular weight excluding hydrogens is 214 g/mol. The van der Waals surface area contributed by atoms with Crippen molar-refractivity contribution in [3.8, 4) is 6.07 Å². The molecule has 1 rings (SSSR count). The minimum Gasteiger partial charge on any atom is -0.197 e. The molecule has 1 nitrogen and oxygen atoms in total. The minimum absolute atomic E-state index is 0.248. The summed E-state index contributed by atoms with van der Waals surface area (Å²) in [7, 11) is 0. The SMILES string of the molecule is CC1CC(C)(C)CCC1(Br)C#N. The first-order valence-electron chi connectivity index (χ1n) is 4.50. The molecule has 0 radical (unpaired) electrons. The smallest absolute Gasteiger partial charge is 0.115 e. The predicted molar refractivity (Wildman–Crippen MR) is 54.1 cm³/mol. The van der Waals surface area contributed by atoms with Gasteiger partial charge in [0.15, 0.2) is 0 Å². The van der Waals surface area contributed by atoms with Crippen molar-refractivity contribution in [2.75, 3.05) is 0 Å². The van der Waals surface area contributed by atoms with Crippen molar-refractivity contribution in [1.29, 1.82) is 5.26 Å². The summed E-state index contributed by atoms with van der Waals surface area (Å²) in [6.45, 7) is 6.74. The molecule has 1 aliphatic carbocycles. The molecule has 12 heavy (non-hydrogen) atoms. The van der Waals surface area contributed by atoms with Gasteiger partial charge in [-0.2, -0.15) is 5.26 Å². The molecule has 0 aromatic rings. The molecule has 2 unspecified atom stereocenters. The first-order valence-corrected chi connectivity index (χ1v) is 5.29. The average Bonchev–Trinajstić information content (AvgIpc) is 1.97.